The zero-order valence-electron chi connectivity index (χ0n) is 16.7. The molecule has 5 rings (SSSR count). The van der Waals surface area contributed by atoms with E-state index in [1.807, 2.05) is 48.5 Å². The van der Waals surface area contributed by atoms with Crippen molar-refractivity contribution in [2.75, 3.05) is 0 Å². The number of hydrogen-bond donors (Lipinski definition) is 2. The molecular formula is C24H20N6. The summed E-state index contributed by atoms with van der Waals surface area (Å²) in [6.07, 6.45) is 0. The van der Waals surface area contributed by atoms with Crippen molar-refractivity contribution in [2.24, 2.45) is 0 Å². The van der Waals surface area contributed by atoms with E-state index in [-0.39, 0.29) is 0 Å². The van der Waals surface area contributed by atoms with Gasteiger partial charge in [-0.25, -0.2) is 9.97 Å². The van der Waals surface area contributed by atoms with E-state index in [9.17, 15) is 0 Å². The number of aromatic amines is 2. The van der Waals surface area contributed by atoms with Gasteiger partial charge in [0.15, 0.2) is 23.3 Å². The van der Waals surface area contributed by atoms with E-state index in [4.69, 9.17) is 0 Å². The molecule has 0 radical (unpaired) electrons. The summed E-state index contributed by atoms with van der Waals surface area (Å²) in [6, 6.07) is 24.3. The molecular weight excluding hydrogens is 372 g/mol. The summed E-state index contributed by atoms with van der Waals surface area (Å²) in [5.74, 6) is 2.77. The van der Waals surface area contributed by atoms with Gasteiger partial charge in [0.25, 0.3) is 0 Å². The van der Waals surface area contributed by atoms with Gasteiger partial charge in [-0.15, -0.1) is 0 Å². The maximum Gasteiger partial charge on any atom is 0.181 e. The predicted octanol–water partition coefficient (Wildman–Crippen LogP) is 5.21. The van der Waals surface area contributed by atoms with Gasteiger partial charge in [0, 0.05) is 22.3 Å². The van der Waals surface area contributed by atoms with Crippen molar-refractivity contribution >= 4 is 0 Å². The molecule has 3 aromatic carbocycles. The first kappa shape index (κ1) is 18.0. The second kappa shape index (κ2) is 7.40. The van der Waals surface area contributed by atoms with Crippen LogP contribution in [0, 0.1) is 13.8 Å². The smallest absolute Gasteiger partial charge is 0.181 e. The first-order valence-electron chi connectivity index (χ1n) is 9.75. The molecule has 2 heterocycles. The summed E-state index contributed by atoms with van der Waals surface area (Å²) in [5.41, 5.74) is 6.25. The number of H-pyrrole nitrogens is 2. The van der Waals surface area contributed by atoms with Crippen molar-refractivity contribution in [3.8, 4) is 45.6 Å². The monoisotopic (exact) mass is 392 g/mol. The highest BCUT2D eigenvalue weighted by Crippen LogP contribution is 2.25. The van der Waals surface area contributed by atoms with Crippen molar-refractivity contribution in [3.05, 3.63) is 83.9 Å². The number of nitrogens with one attached hydrogen (secondary N) is 2. The van der Waals surface area contributed by atoms with Gasteiger partial charge in [-0.1, -0.05) is 77.9 Å². The average Bonchev–Trinajstić information content (AvgIpc) is 3.45. The minimum atomic E-state index is 0.640. The molecule has 0 bridgehead atoms. The van der Waals surface area contributed by atoms with Gasteiger partial charge in [-0.05, 0) is 19.9 Å². The average molecular weight is 392 g/mol. The highest BCUT2D eigenvalue weighted by Gasteiger charge is 2.12. The molecule has 0 saturated heterocycles. The lowest BCUT2D eigenvalue weighted by Gasteiger charge is -1.99. The molecule has 0 aliphatic heterocycles. The molecule has 0 saturated carbocycles. The number of aromatic nitrogens is 6. The quantitative estimate of drug-likeness (QED) is 0.440. The van der Waals surface area contributed by atoms with Gasteiger partial charge >= 0.3 is 0 Å². The molecule has 0 spiro atoms. The maximum atomic E-state index is 4.66. The van der Waals surface area contributed by atoms with Crippen molar-refractivity contribution in [1.82, 2.24) is 30.4 Å². The van der Waals surface area contributed by atoms with Crippen LogP contribution in [0.25, 0.3) is 45.6 Å². The van der Waals surface area contributed by atoms with E-state index in [1.54, 1.807) is 0 Å². The summed E-state index contributed by atoms with van der Waals surface area (Å²) in [5, 5.41) is 14.9. The van der Waals surface area contributed by atoms with Crippen LogP contribution in [0.4, 0.5) is 0 Å². The molecule has 30 heavy (non-hydrogen) atoms. The number of rotatable bonds is 4. The fourth-order valence-corrected chi connectivity index (χ4v) is 3.26. The molecule has 2 N–H and O–H groups in total. The largest absolute Gasteiger partial charge is 0.259 e. The summed E-state index contributed by atoms with van der Waals surface area (Å²) in [6.45, 7) is 4.13. The van der Waals surface area contributed by atoms with Crippen LogP contribution in [0.3, 0.4) is 0 Å². The topological polar surface area (TPSA) is 83.1 Å². The minimum absolute atomic E-state index is 0.640. The highest BCUT2D eigenvalue weighted by atomic mass is 15.2. The summed E-state index contributed by atoms with van der Waals surface area (Å²) >= 11 is 0. The fourth-order valence-electron chi connectivity index (χ4n) is 3.26. The lowest BCUT2D eigenvalue weighted by atomic mass is 10.1. The van der Waals surface area contributed by atoms with Crippen molar-refractivity contribution in [1.29, 1.82) is 0 Å². The van der Waals surface area contributed by atoms with Crippen LogP contribution in [0.1, 0.15) is 11.1 Å². The third-order valence-electron chi connectivity index (χ3n) is 5.00. The molecule has 0 amide bonds. The molecule has 0 aliphatic carbocycles. The molecule has 6 heteroatoms. The number of hydrogen-bond acceptors (Lipinski definition) is 4. The van der Waals surface area contributed by atoms with E-state index in [0.29, 0.717) is 11.6 Å². The first-order chi connectivity index (χ1) is 14.7. The van der Waals surface area contributed by atoms with E-state index >= 15 is 0 Å². The lowest BCUT2D eigenvalue weighted by Crippen LogP contribution is -1.85. The molecule has 146 valence electrons. The third kappa shape index (κ3) is 3.51. The lowest BCUT2D eigenvalue weighted by molar-refractivity contribution is 1.10. The van der Waals surface area contributed by atoms with Crippen LogP contribution in [-0.4, -0.2) is 30.4 Å². The Labute approximate surface area is 174 Å². The number of benzene rings is 3. The molecule has 0 unspecified atom stereocenters. The molecule has 5 aromatic rings. The predicted molar refractivity (Wildman–Crippen MR) is 118 cm³/mol. The molecule has 6 nitrogen and oxygen atoms in total. The second-order valence-corrected chi connectivity index (χ2v) is 7.33. The third-order valence-corrected chi connectivity index (χ3v) is 5.00. The Kier molecular flexibility index (Phi) is 4.44. The first-order valence-corrected chi connectivity index (χ1v) is 9.75. The van der Waals surface area contributed by atoms with Gasteiger partial charge in [-0.3, -0.25) is 10.2 Å². The van der Waals surface area contributed by atoms with Gasteiger partial charge in [0.2, 0.25) is 0 Å². The minimum Gasteiger partial charge on any atom is -0.259 e. The van der Waals surface area contributed by atoms with E-state index in [2.05, 4.69) is 68.5 Å². The van der Waals surface area contributed by atoms with Crippen LogP contribution in [0.15, 0.2) is 72.8 Å². The van der Waals surface area contributed by atoms with Crippen molar-refractivity contribution in [3.63, 3.8) is 0 Å². The molecule has 2 aromatic heterocycles. The molecule has 0 atom stereocenters. The van der Waals surface area contributed by atoms with Crippen LogP contribution in [-0.2, 0) is 0 Å². The number of aryl methyl sites for hydroxylation is 2. The highest BCUT2D eigenvalue weighted by molar-refractivity contribution is 5.68. The van der Waals surface area contributed by atoms with E-state index in [1.165, 1.54) is 11.1 Å². The zero-order chi connectivity index (χ0) is 20.5. The van der Waals surface area contributed by atoms with Crippen molar-refractivity contribution < 1.29 is 0 Å². The van der Waals surface area contributed by atoms with Gasteiger partial charge in [0.05, 0.1) is 0 Å². The van der Waals surface area contributed by atoms with Gasteiger partial charge in [-0.2, -0.15) is 10.2 Å². The maximum absolute atomic E-state index is 4.66. The Morgan fingerprint density at radius 1 is 0.533 bits per heavy atom. The van der Waals surface area contributed by atoms with Gasteiger partial charge < -0.3 is 0 Å². The van der Waals surface area contributed by atoms with Crippen LogP contribution < -0.4 is 0 Å². The fraction of sp³-hybridized carbons (Fsp3) is 0.0833. The van der Waals surface area contributed by atoms with E-state index < -0.39 is 0 Å². The van der Waals surface area contributed by atoms with Crippen LogP contribution >= 0.6 is 0 Å². The molecule has 0 fully saturated rings. The summed E-state index contributed by atoms with van der Waals surface area (Å²) < 4.78 is 0. The Bertz CT molecular complexity index is 1200. The Morgan fingerprint density at radius 3 is 1.40 bits per heavy atom. The van der Waals surface area contributed by atoms with Crippen molar-refractivity contribution in [2.45, 2.75) is 13.8 Å². The SMILES string of the molecule is Cc1ccc(-c2nc(-c3cccc(-c4n[nH]c(-c5ccc(C)cc5)n4)c3)n[nH]2)cc1. The molecule has 0 aliphatic rings. The van der Waals surface area contributed by atoms with E-state index in [0.717, 1.165) is 33.9 Å². The number of nitrogens with zero attached hydrogens (tertiary/aromatic N) is 4. The van der Waals surface area contributed by atoms with Gasteiger partial charge in [0.1, 0.15) is 0 Å². The standard InChI is InChI=1S/C24H20N6/c1-15-6-10-17(11-7-15)21-25-23(29-27-21)19-4-3-5-20(14-19)24-26-22(28-30-24)18-12-8-16(2)9-13-18/h3-14H,1-2H3,(H,25,27,29)(H,26,28,30). The Morgan fingerprint density at radius 2 is 0.967 bits per heavy atom. The Hall–Kier alpha value is -4.06. The Balaban J connectivity index is 1.44. The normalized spacial score (nSPS) is 11.0. The summed E-state index contributed by atoms with van der Waals surface area (Å²) in [4.78, 5) is 9.32. The van der Waals surface area contributed by atoms with Crippen LogP contribution in [0.2, 0.25) is 0 Å². The zero-order valence-corrected chi connectivity index (χ0v) is 16.7. The second-order valence-electron chi connectivity index (χ2n) is 7.33. The van der Waals surface area contributed by atoms with Crippen LogP contribution in [0.5, 0.6) is 0 Å². The summed E-state index contributed by atoms with van der Waals surface area (Å²) in [7, 11) is 0.